The molecule has 1 unspecified atom stereocenters. The summed E-state index contributed by atoms with van der Waals surface area (Å²) in [7, 11) is 0. The first-order chi connectivity index (χ1) is 12.1. The Morgan fingerprint density at radius 3 is 2.62 bits per heavy atom. The first-order valence-electron chi connectivity index (χ1n) is 9.08. The molecule has 0 radical (unpaired) electrons. The maximum Gasteiger partial charge on any atom is 0.410 e. The van der Waals surface area contributed by atoms with Crippen LogP contribution in [0.1, 0.15) is 53.0 Å². The number of carbonyl (C=O) groups excluding carboxylic acids is 1. The molecule has 0 N–H and O–H groups in total. The van der Waals surface area contributed by atoms with E-state index >= 15 is 0 Å². The highest BCUT2D eigenvalue weighted by Crippen LogP contribution is 2.38. The van der Waals surface area contributed by atoms with Crippen LogP contribution in [0.5, 0.6) is 0 Å². The number of oxime groups is 1. The molecule has 0 aromatic heterocycles. The van der Waals surface area contributed by atoms with Crippen LogP contribution in [-0.2, 0) is 15.2 Å². The van der Waals surface area contributed by atoms with Gasteiger partial charge in [-0.05, 0) is 57.7 Å². The average molecular weight is 423 g/mol. The molecule has 26 heavy (non-hydrogen) atoms. The van der Waals surface area contributed by atoms with Crippen molar-refractivity contribution in [3.8, 4) is 0 Å². The fourth-order valence-corrected chi connectivity index (χ4v) is 3.85. The Labute approximate surface area is 163 Å². The largest absolute Gasteiger partial charge is 0.444 e. The monoisotopic (exact) mass is 422 g/mol. The molecule has 0 spiro atoms. The Kier molecular flexibility index (Phi) is 5.08. The predicted molar refractivity (Wildman–Crippen MR) is 105 cm³/mol. The van der Waals surface area contributed by atoms with Gasteiger partial charge >= 0.3 is 6.09 Å². The van der Waals surface area contributed by atoms with Gasteiger partial charge in [0.05, 0.1) is 11.8 Å². The lowest BCUT2D eigenvalue weighted by molar-refractivity contribution is -0.00739. The van der Waals surface area contributed by atoms with Crippen molar-refractivity contribution in [2.75, 3.05) is 6.54 Å². The zero-order chi connectivity index (χ0) is 19.1. The second-order valence-corrected chi connectivity index (χ2v) is 9.49. The number of carbonyl (C=O) groups is 1. The molecule has 2 aliphatic rings. The highest BCUT2D eigenvalue weighted by Gasteiger charge is 2.45. The summed E-state index contributed by atoms with van der Waals surface area (Å²) in [4.78, 5) is 20.3. The Hall–Kier alpha value is -1.56. The van der Waals surface area contributed by atoms with E-state index in [9.17, 15) is 4.79 Å². The Morgan fingerprint density at radius 2 is 2.00 bits per heavy atom. The lowest BCUT2D eigenvalue weighted by Crippen LogP contribution is -2.43. The summed E-state index contributed by atoms with van der Waals surface area (Å²) in [5.41, 5.74) is 0.995. The molecule has 1 fully saturated rings. The van der Waals surface area contributed by atoms with Gasteiger partial charge in [0, 0.05) is 17.4 Å². The number of likely N-dealkylation sites (tertiary alicyclic amines) is 1. The molecule has 6 heteroatoms. The molecule has 3 atom stereocenters. The van der Waals surface area contributed by atoms with E-state index in [1.807, 2.05) is 56.9 Å². The van der Waals surface area contributed by atoms with E-state index in [4.69, 9.17) is 9.57 Å². The molecule has 3 rings (SSSR count). The van der Waals surface area contributed by atoms with E-state index in [1.165, 1.54) is 0 Å². The zero-order valence-corrected chi connectivity index (χ0v) is 17.7. The summed E-state index contributed by atoms with van der Waals surface area (Å²) in [6.07, 6.45) is 1.29. The van der Waals surface area contributed by atoms with Gasteiger partial charge in [0.1, 0.15) is 5.60 Å². The minimum Gasteiger partial charge on any atom is -0.444 e. The van der Waals surface area contributed by atoms with Crippen molar-refractivity contribution >= 4 is 27.7 Å². The van der Waals surface area contributed by atoms with Crippen LogP contribution in [0, 0.1) is 5.92 Å². The zero-order valence-electron chi connectivity index (χ0n) is 16.1. The molecule has 2 aliphatic heterocycles. The number of amides is 1. The van der Waals surface area contributed by atoms with Gasteiger partial charge in [0.2, 0.25) is 0 Å². The average Bonchev–Trinajstić information content (AvgIpc) is 3.10. The van der Waals surface area contributed by atoms with Gasteiger partial charge in [0.25, 0.3) is 0 Å². The molecule has 142 valence electrons. The second kappa shape index (κ2) is 6.87. The van der Waals surface area contributed by atoms with Gasteiger partial charge in [-0.25, -0.2) is 4.79 Å². The van der Waals surface area contributed by atoms with E-state index in [0.717, 1.165) is 22.2 Å². The molecule has 1 saturated heterocycles. The van der Waals surface area contributed by atoms with Crippen molar-refractivity contribution in [3.63, 3.8) is 0 Å². The smallest absolute Gasteiger partial charge is 0.410 e. The van der Waals surface area contributed by atoms with Crippen molar-refractivity contribution in [1.82, 2.24) is 4.90 Å². The van der Waals surface area contributed by atoms with E-state index in [1.54, 1.807) is 0 Å². The van der Waals surface area contributed by atoms with Crippen LogP contribution in [-0.4, -0.2) is 34.9 Å². The normalized spacial score (nSPS) is 28.7. The summed E-state index contributed by atoms with van der Waals surface area (Å²) < 4.78 is 6.63. The van der Waals surface area contributed by atoms with Crippen molar-refractivity contribution in [1.29, 1.82) is 0 Å². The SMILES string of the molecule is C[C@@H]1C[C@@H](C2=NOC(C)(c3ccc(Br)cc3)C2)N(C(=O)OC(C)(C)C)C1. The molecule has 0 bridgehead atoms. The van der Waals surface area contributed by atoms with Gasteiger partial charge in [-0.3, -0.25) is 4.90 Å². The number of rotatable bonds is 2. The first kappa shape index (κ1) is 19.2. The van der Waals surface area contributed by atoms with Crippen LogP contribution in [0.15, 0.2) is 33.9 Å². The Morgan fingerprint density at radius 1 is 1.35 bits per heavy atom. The van der Waals surface area contributed by atoms with Gasteiger partial charge < -0.3 is 9.57 Å². The van der Waals surface area contributed by atoms with Gasteiger partial charge in [0.15, 0.2) is 5.60 Å². The number of benzene rings is 1. The molecule has 0 aliphatic carbocycles. The van der Waals surface area contributed by atoms with Crippen molar-refractivity contribution in [2.45, 2.75) is 64.7 Å². The second-order valence-electron chi connectivity index (χ2n) is 8.58. The minimum absolute atomic E-state index is 0.0582. The maximum absolute atomic E-state index is 12.6. The fourth-order valence-electron chi connectivity index (χ4n) is 3.59. The van der Waals surface area contributed by atoms with Crippen LogP contribution < -0.4 is 0 Å². The number of halogens is 1. The molecule has 1 aromatic carbocycles. The summed E-state index contributed by atoms with van der Waals surface area (Å²) >= 11 is 3.46. The first-order valence-corrected chi connectivity index (χ1v) is 9.87. The van der Waals surface area contributed by atoms with E-state index in [2.05, 4.69) is 28.0 Å². The number of hydrogen-bond donors (Lipinski definition) is 0. The van der Waals surface area contributed by atoms with Crippen molar-refractivity contribution in [2.24, 2.45) is 11.1 Å². The van der Waals surface area contributed by atoms with Gasteiger partial charge in [-0.2, -0.15) is 0 Å². The summed E-state index contributed by atoms with van der Waals surface area (Å²) in [5, 5.41) is 4.39. The molecule has 2 heterocycles. The minimum atomic E-state index is -0.507. The molecule has 1 aromatic rings. The summed E-state index contributed by atoms with van der Waals surface area (Å²) in [6.45, 7) is 10.6. The summed E-state index contributed by atoms with van der Waals surface area (Å²) in [5.74, 6) is 0.412. The van der Waals surface area contributed by atoms with Crippen molar-refractivity contribution in [3.05, 3.63) is 34.3 Å². The van der Waals surface area contributed by atoms with E-state index < -0.39 is 11.2 Å². The fraction of sp³-hybridized carbons (Fsp3) is 0.600. The third kappa shape index (κ3) is 4.05. The standard InChI is InChI=1S/C20H27BrN2O3/c1-13-10-17(23(12-13)18(24)25-19(2,3)4)16-11-20(5,26-22-16)14-6-8-15(21)9-7-14/h6-9,13,17H,10-12H2,1-5H3/t13-,17+,20?/m1/s1. The molecular weight excluding hydrogens is 396 g/mol. The van der Waals surface area contributed by atoms with E-state index in [0.29, 0.717) is 18.9 Å². The lowest BCUT2D eigenvalue weighted by atomic mass is 9.88. The van der Waals surface area contributed by atoms with Gasteiger partial charge in [-0.15, -0.1) is 0 Å². The number of nitrogens with zero attached hydrogens (tertiary/aromatic N) is 2. The lowest BCUT2D eigenvalue weighted by Gasteiger charge is -2.29. The van der Waals surface area contributed by atoms with Crippen LogP contribution >= 0.6 is 15.9 Å². The van der Waals surface area contributed by atoms with Crippen LogP contribution in [0.2, 0.25) is 0 Å². The predicted octanol–water partition coefficient (Wildman–Crippen LogP) is 5.09. The van der Waals surface area contributed by atoms with Crippen LogP contribution in [0.3, 0.4) is 0 Å². The van der Waals surface area contributed by atoms with E-state index in [-0.39, 0.29) is 12.1 Å². The van der Waals surface area contributed by atoms with Crippen LogP contribution in [0.4, 0.5) is 4.79 Å². The van der Waals surface area contributed by atoms with Crippen molar-refractivity contribution < 1.29 is 14.4 Å². The van der Waals surface area contributed by atoms with Gasteiger partial charge in [-0.1, -0.05) is 40.1 Å². The highest BCUT2D eigenvalue weighted by atomic mass is 79.9. The Balaban J connectivity index is 1.75. The molecular formula is C20H27BrN2O3. The topological polar surface area (TPSA) is 51.1 Å². The quantitative estimate of drug-likeness (QED) is 0.666. The number of ether oxygens (including phenoxy) is 1. The Bertz CT molecular complexity index is 711. The van der Waals surface area contributed by atoms with Crippen LogP contribution in [0.25, 0.3) is 0 Å². The molecule has 0 saturated carbocycles. The number of hydrogen-bond acceptors (Lipinski definition) is 4. The highest BCUT2D eigenvalue weighted by molar-refractivity contribution is 9.10. The molecule has 5 nitrogen and oxygen atoms in total. The third-order valence-corrected chi connectivity index (χ3v) is 5.39. The maximum atomic E-state index is 12.6. The molecule has 1 amide bonds. The third-order valence-electron chi connectivity index (χ3n) is 4.86. The summed E-state index contributed by atoms with van der Waals surface area (Å²) in [6, 6.07) is 8.05.